The number of amides is 2. The quantitative estimate of drug-likeness (QED) is 0.438. The summed E-state index contributed by atoms with van der Waals surface area (Å²) in [5.74, 6) is 0.855. The van der Waals surface area contributed by atoms with Crippen LogP contribution in [0.1, 0.15) is 18.9 Å². The molecule has 2 N–H and O–H groups in total. The van der Waals surface area contributed by atoms with Crippen LogP contribution < -0.4 is 24.9 Å². The summed E-state index contributed by atoms with van der Waals surface area (Å²) in [5, 5.41) is 14.3. The second-order valence-electron chi connectivity index (χ2n) is 11.3. The first kappa shape index (κ1) is 26.6. The molecule has 1 spiro atoms. The monoisotopic (exact) mass is 558 g/mol. The molecule has 0 saturated carbocycles. The summed E-state index contributed by atoms with van der Waals surface area (Å²) < 4.78 is 17.8. The van der Waals surface area contributed by atoms with Gasteiger partial charge in [0.2, 0.25) is 0 Å². The number of hydrogen-bond acceptors (Lipinski definition) is 6. The van der Waals surface area contributed by atoms with E-state index in [2.05, 4.69) is 37.5 Å². The molecule has 3 heterocycles. The minimum atomic E-state index is -2.25. The summed E-state index contributed by atoms with van der Waals surface area (Å²) in [6.45, 7) is 6.60. The molecule has 0 aromatic heterocycles. The Morgan fingerprint density at radius 2 is 1.85 bits per heavy atom. The first-order valence-electron chi connectivity index (χ1n) is 13.7. The lowest BCUT2D eigenvalue weighted by Gasteiger charge is -2.37. The van der Waals surface area contributed by atoms with Crippen molar-refractivity contribution in [3.05, 3.63) is 72.3 Å². The Balaban J connectivity index is 1.44. The van der Waals surface area contributed by atoms with E-state index in [1.165, 1.54) is 5.19 Å². The molecule has 208 valence electrons. The number of nitrogens with zero attached hydrogens (tertiary/aromatic N) is 1. The first-order chi connectivity index (χ1) is 19.2. The number of aliphatic hydroxyl groups excluding tert-OH is 1. The van der Waals surface area contributed by atoms with Gasteiger partial charge in [0.25, 0.3) is 11.8 Å². The molecule has 4 atom stereocenters. The van der Waals surface area contributed by atoms with Crippen LogP contribution in [0, 0.1) is 5.92 Å². The van der Waals surface area contributed by atoms with Crippen molar-refractivity contribution in [2.45, 2.75) is 43.7 Å². The maximum absolute atomic E-state index is 13.9. The molecule has 3 aliphatic heterocycles. The Hall–Kier alpha value is -3.66. The highest BCUT2D eigenvalue weighted by molar-refractivity contribution is 6.91. The van der Waals surface area contributed by atoms with Crippen molar-refractivity contribution in [3.8, 4) is 11.5 Å². The van der Waals surface area contributed by atoms with E-state index in [4.69, 9.17) is 14.2 Å². The number of carbonyl (C=O) groups excluding carboxylic acids is 2. The van der Waals surface area contributed by atoms with Crippen LogP contribution in [0.25, 0.3) is 0 Å². The van der Waals surface area contributed by atoms with Gasteiger partial charge in [0.15, 0.2) is 12.2 Å². The van der Waals surface area contributed by atoms with Crippen molar-refractivity contribution in [1.82, 2.24) is 0 Å². The van der Waals surface area contributed by atoms with Gasteiger partial charge < -0.3 is 24.6 Å². The van der Waals surface area contributed by atoms with Gasteiger partial charge >= 0.3 is 0 Å². The highest BCUT2D eigenvalue weighted by Gasteiger charge is 2.64. The van der Waals surface area contributed by atoms with E-state index in [-0.39, 0.29) is 42.6 Å². The molecule has 0 aliphatic carbocycles. The molecule has 0 bridgehead atoms. The number of carbonyl (C=O) groups is 2. The van der Waals surface area contributed by atoms with E-state index >= 15 is 0 Å². The Bertz CT molecular complexity index is 1470. The molecule has 3 aliphatic rings. The Labute approximate surface area is 234 Å². The van der Waals surface area contributed by atoms with Crippen LogP contribution in [0.3, 0.4) is 0 Å². The highest BCUT2D eigenvalue weighted by Crippen LogP contribution is 2.59. The van der Waals surface area contributed by atoms with Gasteiger partial charge in [0, 0.05) is 29.5 Å². The van der Waals surface area contributed by atoms with Gasteiger partial charge in [0.05, 0.1) is 27.0 Å². The number of ether oxygens (including phenoxy) is 3. The Morgan fingerprint density at radius 3 is 2.58 bits per heavy atom. The van der Waals surface area contributed by atoms with Gasteiger partial charge in [-0.1, -0.05) is 49.5 Å². The van der Waals surface area contributed by atoms with Gasteiger partial charge in [-0.2, -0.15) is 0 Å². The van der Waals surface area contributed by atoms with Gasteiger partial charge in [-0.25, -0.2) is 0 Å². The number of fused-ring (bicyclic) bond motifs is 3. The van der Waals surface area contributed by atoms with Crippen LogP contribution in [0.4, 0.5) is 17.1 Å². The third-order valence-corrected chi connectivity index (χ3v) is 13.3. The third kappa shape index (κ3) is 3.87. The van der Waals surface area contributed by atoms with Gasteiger partial charge in [-0.15, -0.1) is 0 Å². The molecular formula is C31H34N2O6Si. The van der Waals surface area contributed by atoms with Crippen molar-refractivity contribution >= 4 is 42.1 Å². The number of anilines is 3. The second-order valence-corrected chi connectivity index (χ2v) is 16.0. The Kier molecular flexibility index (Phi) is 6.48. The van der Waals surface area contributed by atoms with E-state index in [9.17, 15) is 14.7 Å². The zero-order chi connectivity index (χ0) is 28.2. The van der Waals surface area contributed by atoms with Crippen molar-refractivity contribution in [2.24, 2.45) is 5.92 Å². The normalized spacial score (nSPS) is 25.4. The number of methoxy groups -OCH3 is 1. The summed E-state index contributed by atoms with van der Waals surface area (Å²) in [7, 11) is -0.595. The summed E-state index contributed by atoms with van der Waals surface area (Å²) in [4.78, 5) is 28.6. The average Bonchev–Trinajstić information content (AvgIpc) is 3.41. The molecule has 9 heteroatoms. The topological polar surface area (TPSA) is 97.3 Å². The van der Waals surface area contributed by atoms with E-state index < -0.39 is 13.7 Å². The molecule has 3 aromatic carbocycles. The maximum atomic E-state index is 13.9. The highest BCUT2D eigenvalue weighted by atomic mass is 28.3. The lowest BCUT2D eigenvalue weighted by molar-refractivity contribution is -0.143. The molecule has 1 saturated heterocycles. The molecule has 0 radical (unpaired) electrons. The summed E-state index contributed by atoms with van der Waals surface area (Å²) in [5.41, 5.74) is 1.53. The molecule has 8 nitrogen and oxygen atoms in total. The van der Waals surface area contributed by atoms with Crippen LogP contribution in [-0.4, -0.2) is 51.4 Å². The van der Waals surface area contributed by atoms with Crippen molar-refractivity contribution in [1.29, 1.82) is 0 Å². The fourth-order valence-electron chi connectivity index (χ4n) is 7.04. The standard InChI is InChI=1S/C31H34N2O6Si/c1-19-29(40(3,4)22-12-10-21(37-2)11-13-22)27(15-16-34)39-31(19)23-17-20(9-14-24(23)32-30(31)36)33-25-7-5-6-8-26(25)38-18-28(33)35/h5-14,17,19,27,29,34H,15-16,18H2,1-4H3,(H,32,36)/t19-,27+,29-,31+/m1/s1. The molecule has 2 amide bonds. The SMILES string of the molecule is COc1ccc([Si](C)(C)[C@H]2[C@H](CCO)O[C@@]3(C(=O)Nc4ccc(N5C(=O)COc6ccccc65)cc43)[C@@H]2C)cc1. The van der Waals surface area contributed by atoms with E-state index in [1.54, 1.807) is 12.0 Å². The number of hydrogen-bond donors (Lipinski definition) is 2. The average molecular weight is 559 g/mol. The van der Waals surface area contributed by atoms with Gasteiger partial charge in [-0.05, 0) is 54.4 Å². The fraction of sp³-hybridized carbons (Fsp3) is 0.355. The molecule has 3 aromatic rings. The predicted molar refractivity (Wildman–Crippen MR) is 155 cm³/mol. The lowest BCUT2D eigenvalue weighted by Crippen LogP contribution is -2.51. The van der Waals surface area contributed by atoms with Crippen LogP contribution in [-0.2, 0) is 19.9 Å². The predicted octanol–water partition coefficient (Wildman–Crippen LogP) is 4.30. The van der Waals surface area contributed by atoms with Crippen molar-refractivity contribution in [2.75, 3.05) is 30.5 Å². The van der Waals surface area contributed by atoms with Gasteiger partial charge in [-0.3, -0.25) is 14.5 Å². The zero-order valence-electron chi connectivity index (χ0n) is 23.1. The van der Waals surface area contributed by atoms with Gasteiger partial charge in [0.1, 0.15) is 11.5 Å². The smallest absolute Gasteiger partial charge is 0.269 e. The largest absolute Gasteiger partial charge is 0.497 e. The number of aliphatic hydroxyl groups is 1. The van der Waals surface area contributed by atoms with E-state index in [0.717, 1.165) is 11.3 Å². The fourth-order valence-corrected chi connectivity index (χ4v) is 11.1. The van der Waals surface area contributed by atoms with Crippen LogP contribution in [0.2, 0.25) is 18.6 Å². The molecule has 1 fully saturated rings. The Morgan fingerprint density at radius 1 is 1.10 bits per heavy atom. The maximum Gasteiger partial charge on any atom is 0.269 e. The first-order valence-corrected chi connectivity index (χ1v) is 16.7. The number of benzene rings is 3. The number of nitrogens with one attached hydrogen (secondary N) is 1. The summed E-state index contributed by atoms with van der Waals surface area (Å²) in [6, 6.07) is 21.2. The second kappa shape index (κ2) is 9.76. The molecule has 6 rings (SSSR count). The van der Waals surface area contributed by atoms with Crippen LogP contribution in [0.15, 0.2) is 66.7 Å². The van der Waals surface area contributed by atoms with E-state index in [0.29, 0.717) is 29.2 Å². The van der Waals surface area contributed by atoms with E-state index in [1.807, 2.05) is 54.6 Å². The number of rotatable bonds is 6. The van der Waals surface area contributed by atoms with Crippen molar-refractivity contribution < 1.29 is 28.9 Å². The van der Waals surface area contributed by atoms with Crippen LogP contribution >= 0.6 is 0 Å². The molecule has 0 unspecified atom stereocenters. The third-order valence-electron chi connectivity index (χ3n) is 8.95. The zero-order valence-corrected chi connectivity index (χ0v) is 24.1. The summed E-state index contributed by atoms with van der Waals surface area (Å²) in [6.07, 6.45) is 0.121. The minimum Gasteiger partial charge on any atom is -0.497 e. The van der Waals surface area contributed by atoms with Crippen molar-refractivity contribution in [3.63, 3.8) is 0 Å². The number of para-hydroxylation sites is 2. The van der Waals surface area contributed by atoms with Crippen LogP contribution in [0.5, 0.6) is 11.5 Å². The molecule has 40 heavy (non-hydrogen) atoms. The minimum absolute atomic E-state index is 0.0371. The lowest BCUT2D eigenvalue weighted by atomic mass is 9.82. The summed E-state index contributed by atoms with van der Waals surface area (Å²) >= 11 is 0. The molecular weight excluding hydrogens is 524 g/mol.